The Kier molecular flexibility index (Phi) is 2.80. The van der Waals surface area contributed by atoms with Gasteiger partial charge in [-0.25, -0.2) is 8.42 Å². The summed E-state index contributed by atoms with van der Waals surface area (Å²) < 4.78 is 21.7. The third-order valence-corrected chi connectivity index (χ3v) is 2.89. The monoisotopic (exact) mass is 205 g/mol. The van der Waals surface area contributed by atoms with Crippen molar-refractivity contribution in [3.8, 4) is 0 Å². The Labute approximate surface area is 78.5 Å². The van der Waals surface area contributed by atoms with Crippen molar-refractivity contribution in [2.75, 3.05) is 18.6 Å². The fourth-order valence-corrected chi connectivity index (χ4v) is 1.76. The third kappa shape index (κ3) is 3.22. The van der Waals surface area contributed by atoms with E-state index in [9.17, 15) is 8.42 Å². The molecule has 6 heteroatoms. The van der Waals surface area contributed by atoms with Crippen LogP contribution in [0.25, 0.3) is 0 Å². The molecule has 0 aromatic rings. The fraction of sp³-hybridized carbons (Fsp3) is 0.857. The van der Waals surface area contributed by atoms with Crippen LogP contribution in [0.2, 0.25) is 0 Å². The molecule has 0 bridgehead atoms. The van der Waals surface area contributed by atoms with Gasteiger partial charge in [0.15, 0.2) is 0 Å². The lowest BCUT2D eigenvalue weighted by Gasteiger charge is -2.18. The van der Waals surface area contributed by atoms with E-state index in [-0.39, 0.29) is 11.8 Å². The minimum atomic E-state index is -2.90. The number of hydrogen-bond donors (Lipinski definition) is 1. The Bertz CT molecular complexity index is 310. The summed E-state index contributed by atoms with van der Waals surface area (Å²) in [5, 5.41) is 5.77. The molecule has 0 aromatic carbocycles. The van der Waals surface area contributed by atoms with E-state index in [1.54, 1.807) is 5.01 Å². The maximum Gasteiger partial charge on any atom is 0.149 e. The number of amidine groups is 1. The van der Waals surface area contributed by atoms with Crippen LogP contribution in [-0.4, -0.2) is 43.9 Å². The van der Waals surface area contributed by atoms with E-state index in [4.69, 9.17) is 5.73 Å². The first-order valence-corrected chi connectivity index (χ1v) is 6.22. The average Bonchev–Trinajstić information content (AvgIpc) is 2.24. The summed E-state index contributed by atoms with van der Waals surface area (Å²) in [4.78, 5) is 0. The smallest absolute Gasteiger partial charge is 0.149 e. The largest absolute Gasteiger partial charge is 0.386 e. The molecular formula is C7H15N3O2S. The van der Waals surface area contributed by atoms with E-state index in [0.717, 1.165) is 6.42 Å². The van der Waals surface area contributed by atoms with Gasteiger partial charge < -0.3 is 5.73 Å². The predicted octanol–water partition coefficient (Wildman–Crippen LogP) is -0.603. The molecule has 1 heterocycles. The van der Waals surface area contributed by atoms with Crippen LogP contribution in [0.1, 0.15) is 13.3 Å². The first-order valence-electron chi connectivity index (χ1n) is 4.16. The van der Waals surface area contributed by atoms with Gasteiger partial charge in [0.05, 0.1) is 18.3 Å². The van der Waals surface area contributed by atoms with Gasteiger partial charge in [0, 0.05) is 12.7 Å². The summed E-state index contributed by atoms with van der Waals surface area (Å²) in [6.07, 6.45) is 1.95. The standard InChI is InChI=1S/C7H15N3O2S/c1-6-5-7(8)9-10(6)3-4-13(2,11)12/h6H,3-5H2,1-2H3,(H2,8,9). The summed E-state index contributed by atoms with van der Waals surface area (Å²) in [6, 6.07) is 0.224. The van der Waals surface area contributed by atoms with Crippen LogP contribution in [0, 0.1) is 0 Å². The first kappa shape index (κ1) is 10.3. The van der Waals surface area contributed by atoms with E-state index in [1.807, 2.05) is 6.92 Å². The zero-order valence-corrected chi connectivity index (χ0v) is 8.71. The Morgan fingerprint density at radius 1 is 1.69 bits per heavy atom. The molecule has 76 valence electrons. The van der Waals surface area contributed by atoms with E-state index in [0.29, 0.717) is 12.4 Å². The zero-order valence-electron chi connectivity index (χ0n) is 7.90. The summed E-state index contributed by atoms with van der Waals surface area (Å²) in [6.45, 7) is 2.41. The highest BCUT2D eigenvalue weighted by Crippen LogP contribution is 2.11. The lowest BCUT2D eigenvalue weighted by molar-refractivity contribution is 0.260. The Morgan fingerprint density at radius 3 is 2.69 bits per heavy atom. The minimum Gasteiger partial charge on any atom is -0.386 e. The van der Waals surface area contributed by atoms with Gasteiger partial charge in [-0.05, 0) is 6.92 Å². The van der Waals surface area contributed by atoms with E-state index >= 15 is 0 Å². The molecule has 1 unspecified atom stereocenters. The van der Waals surface area contributed by atoms with E-state index < -0.39 is 9.84 Å². The molecule has 5 nitrogen and oxygen atoms in total. The van der Waals surface area contributed by atoms with E-state index in [1.165, 1.54) is 6.26 Å². The van der Waals surface area contributed by atoms with Crippen molar-refractivity contribution in [1.82, 2.24) is 5.01 Å². The Balaban J connectivity index is 2.47. The summed E-state index contributed by atoms with van der Waals surface area (Å²) in [7, 11) is -2.90. The quantitative estimate of drug-likeness (QED) is 0.667. The van der Waals surface area contributed by atoms with Gasteiger partial charge in [-0.3, -0.25) is 5.01 Å². The summed E-state index contributed by atoms with van der Waals surface area (Å²) in [5.41, 5.74) is 5.51. The van der Waals surface area contributed by atoms with Crippen LogP contribution < -0.4 is 5.73 Å². The molecule has 0 aliphatic carbocycles. The lowest BCUT2D eigenvalue weighted by atomic mass is 10.2. The van der Waals surface area contributed by atoms with Crippen molar-refractivity contribution < 1.29 is 8.42 Å². The Morgan fingerprint density at radius 2 is 2.31 bits per heavy atom. The molecule has 1 atom stereocenters. The second-order valence-corrected chi connectivity index (χ2v) is 5.70. The van der Waals surface area contributed by atoms with Crippen molar-refractivity contribution in [2.45, 2.75) is 19.4 Å². The van der Waals surface area contributed by atoms with Crippen molar-refractivity contribution in [3.63, 3.8) is 0 Å². The molecule has 2 N–H and O–H groups in total. The van der Waals surface area contributed by atoms with Crippen LogP contribution in [0.15, 0.2) is 5.10 Å². The molecule has 0 radical (unpaired) electrons. The van der Waals surface area contributed by atoms with Gasteiger partial charge in [-0.1, -0.05) is 0 Å². The number of nitrogens with two attached hydrogens (primary N) is 1. The molecule has 13 heavy (non-hydrogen) atoms. The molecule has 0 amide bonds. The second kappa shape index (κ2) is 3.53. The SMILES string of the molecule is CC1CC(N)=NN1CCS(C)(=O)=O. The molecule has 0 spiro atoms. The van der Waals surface area contributed by atoms with Crippen molar-refractivity contribution >= 4 is 15.7 Å². The van der Waals surface area contributed by atoms with Crippen LogP contribution >= 0.6 is 0 Å². The number of sulfone groups is 1. The summed E-state index contributed by atoms with van der Waals surface area (Å²) in [5.74, 6) is 0.717. The first-order chi connectivity index (χ1) is 5.88. The molecule has 0 saturated carbocycles. The highest BCUT2D eigenvalue weighted by Gasteiger charge is 2.21. The predicted molar refractivity (Wildman–Crippen MR) is 52.1 cm³/mol. The van der Waals surface area contributed by atoms with Crippen LogP contribution in [0.5, 0.6) is 0 Å². The average molecular weight is 205 g/mol. The number of nitrogens with zero attached hydrogens (tertiary/aromatic N) is 2. The highest BCUT2D eigenvalue weighted by atomic mass is 32.2. The van der Waals surface area contributed by atoms with Crippen LogP contribution in [-0.2, 0) is 9.84 Å². The number of rotatable bonds is 3. The maximum absolute atomic E-state index is 10.9. The second-order valence-electron chi connectivity index (χ2n) is 3.44. The minimum absolute atomic E-state index is 0.133. The number of hydrazone groups is 1. The zero-order chi connectivity index (χ0) is 10.1. The fourth-order valence-electron chi connectivity index (χ4n) is 1.24. The van der Waals surface area contributed by atoms with Gasteiger partial charge in [0.2, 0.25) is 0 Å². The molecule has 0 fully saturated rings. The van der Waals surface area contributed by atoms with Crippen LogP contribution in [0.3, 0.4) is 0 Å². The lowest BCUT2D eigenvalue weighted by Crippen LogP contribution is -2.28. The molecule has 1 rings (SSSR count). The Hall–Kier alpha value is -0.780. The molecule has 1 aliphatic rings. The molecular weight excluding hydrogens is 190 g/mol. The third-order valence-electron chi connectivity index (χ3n) is 1.96. The van der Waals surface area contributed by atoms with Gasteiger partial charge >= 0.3 is 0 Å². The molecule has 1 aliphatic heterocycles. The van der Waals surface area contributed by atoms with Gasteiger partial charge in [-0.2, -0.15) is 5.10 Å². The van der Waals surface area contributed by atoms with Gasteiger partial charge in [0.25, 0.3) is 0 Å². The summed E-state index contributed by atoms with van der Waals surface area (Å²) >= 11 is 0. The van der Waals surface area contributed by atoms with Crippen molar-refractivity contribution in [2.24, 2.45) is 10.8 Å². The maximum atomic E-state index is 10.9. The number of hydrogen-bond acceptors (Lipinski definition) is 5. The highest BCUT2D eigenvalue weighted by molar-refractivity contribution is 7.90. The van der Waals surface area contributed by atoms with E-state index in [2.05, 4.69) is 5.10 Å². The van der Waals surface area contributed by atoms with Gasteiger partial charge in [-0.15, -0.1) is 0 Å². The topological polar surface area (TPSA) is 75.8 Å². The molecule has 0 aromatic heterocycles. The van der Waals surface area contributed by atoms with Crippen molar-refractivity contribution in [1.29, 1.82) is 0 Å². The van der Waals surface area contributed by atoms with Gasteiger partial charge in [0.1, 0.15) is 15.7 Å². The van der Waals surface area contributed by atoms with Crippen LogP contribution in [0.4, 0.5) is 0 Å². The molecule has 0 saturated heterocycles. The normalized spacial score (nSPS) is 23.4. The van der Waals surface area contributed by atoms with Crippen molar-refractivity contribution in [3.05, 3.63) is 0 Å².